The third kappa shape index (κ3) is 3.96. The Hall–Kier alpha value is -2.91. The molecule has 2 aromatic rings. The molecule has 1 fully saturated rings. The molecule has 0 aromatic heterocycles. The molecule has 0 spiro atoms. The fourth-order valence-corrected chi connectivity index (χ4v) is 6.85. The predicted octanol–water partition coefficient (Wildman–Crippen LogP) is 3.09. The maximum Gasteiger partial charge on any atom is 0.265 e. The number of nitrogens with zero attached hydrogens (tertiary/aromatic N) is 2. The Morgan fingerprint density at radius 3 is 2.76 bits per heavy atom. The Balaban J connectivity index is 1.39. The minimum Gasteiger partial charge on any atom is -0.479 e. The van der Waals surface area contributed by atoms with Crippen LogP contribution in [-0.4, -0.2) is 50.3 Å². The van der Waals surface area contributed by atoms with Gasteiger partial charge in [0.25, 0.3) is 5.91 Å². The number of fused-ring (bicyclic) bond motifs is 2. The second kappa shape index (κ2) is 8.70. The number of benzene rings is 2. The van der Waals surface area contributed by atoms with Crippen molar-refractivity contribution in [1.29, 1.82) is 0 Å². The SMILES string of the molecule is Cc1cc2c(cc1S(=O)(=O)N1CCC[C@H](C(=O)N3CCCc4ccccc43)C1)O[C@H](C)C(=O)N2. The molecule has 2 aromatic carbocycles. The van der Waals surface area contributed by atoms with Crippen molar-refractivity contribution in [2.24, 2.45) is 5.92 Å². The second-order valence-electron chi connectivity index (χ2n) is 9.29. The summed E-state index contributed by atoms with van der Waals surface area (Å²) in [7, 11) is -3.84. The average Bonchev–Trinajstić information content (AvgIpc) is 2.84. The van der Waals surface area contributed by atoms with Crippen molar-refractivity contribution in [3.05, 3.63) is 47.5 Å². The average molecular weight is 484 g/mol. The number of hydrogen-bond acceptors (Lipinski definition) is 5. The number of para-hydroxylation sites is 1. The van der Waals surface area contributed by atoms with Crippen molar-refractivity contribution in [3.8, 4) is 5.75 Å². The molecule has 0 aliphatic carbocycles. The van der Waals surface area contributed by atoms with Crippen molar-refractivity contribution >= 4 is 33.2 Å². The molecule has 0 bridgehead atoms. The lowest BCUT2D eigenvalue weighted by molar-refractivity contribution is -0.123. The lowest BCUT2D eigenvalue weighted by Crippen LogP contribution is -2.48. The van der Waals surface area contributed by atoms with Gasteiger partial charge in [-0.25, -0.2) is 8.42 Å². The van der Waals surface area contributed by atoms with Crippen LogP contribution in [0.3, 0.4) is 0 Å². The molecule has 3 heterocycles. The van der Waals surface area contributed by atoms with E-state index in [1.54, 1.807) is 19.9 Å². The number of nitrogens with one attached hydrogen (secondary N) is 1. The predicted molar refractivity (Wildman–Crippen MR) is 128 cm³/mol. The van der Waals surface area contributed by atoms with Crippen molar-refractivity contribution in [3.63, 3.8) is 0 Å². The number of carbonyl (C=O) groups is 2. The van der Waals surface area contributed by atoms with Crippen molar-refractivity contribution in [2.75, 3.05) is 29.9 Å². The van der Waals surface area contributed by atoms with Gasteiger partial charge in [0.1, 0.15) is 5.75 Å². The van der Waals surface area contributed by atoms with E-state index in [0.29, 0.717) is 42.9 Å². The first-order valence-corrected chi connectivity index (χ1v) is 13.2. The Labute approximate surface area is 199 Å². The van der Waals surface area contributed by atoms with Gasteiger partial charge in [-0.15, -0.1) is 0 Å². The van der Waals surface area contributed by atoms with Crippen molar-refractivity contribution in [2.45, 2.75) is 50.5 Å². The van der Waals surface area contributed by atoms with E-state index in [9.17, 15) is 18.0 Å². The molecule has 3 aliphatic rings. The molecule has 0 radical (unpaired) electrons. The van der Waals surface area contributed by atoms with Gasteiger partial charge in [0.2, 0.25) is 15.9 Å². The van der Waals surface area contributed by atoms with Gasteiger partial charge >= 0.3 is 0 Å². The van der Waals surface area contributed by atoms with Crippen LogP contribution < -0.4 is 15.0 Å². The van der Waals surface area contributed by atoms with E-state index in [-0.39, 0.29) is 29.2 Å². The number of rotatable bonds is 3. The quantitative estimate of drug-likeness (QED) is 0.724. The first-order valence-electron chi connectivity index (χ1n) is 11.8. The number of hydrogen-bond donors (Lipinski definition) is 1. The number of aryl methyl sites for hydroxylation is 2. The van der Waals surface area contributed by atoms with Crippen LogP contribution >= 0.6 is 0 Å². The molecule has 1 saturated heterocycles. The van der Waals surface area contributed by atoms with E-state index < -0.39 is 16.1 Å². The molecule has 5 rings (SSSR count). The summed E-state index contributed by atoms with van der Waals surface area (Å²) in [5.74, 6) is -0.317. The molecule has 2 atom stereocenters. The third-order valence-corrected chi connectivity index (χ3v) is 8.94. The Morgan fingerprint density at radius 2 is 1.94 bits per heavy atom. The summed E-state index contributed by atoms with van der Waals surface area (Å²) in [6.45, 7) is 4.50. The maximum absolute atomic E-state index is 13.6. The number of anilines is 2. The van der Waals surface area contributed by atoms with Crippen LogP contribution in [0.4, 0.5) is 11.4 Å². The minimum atomic E-state index is -3.84. The van der Waals surface area contributed by atoms with E-state index in [1.165, 1.54) is 10.4 Å². The van der Waals surface area contributed by atoms with Crippen LogP contribution in [0.2, 0.25) is 0 Å². The van der Waals surface area contributed by atoms with Gasteiger partial charge in [-0.2, -0.15) is 4.31 Å². The number of piperidine rings is 1. The highest BCUT2D eigenvalue weighted by Crippen LogP contribution is 2.37. The lowest BCUT2D eigenvalue weighted by atomic mass is 9.95. The van der Waals surface area contributed by atoms with Gasteiger partial charge in [0.05, 0.1) is 16.5 Å². The molecule has 180 valence electrons. The van der Waals surface area contributed by atoms with Gasteiger partial charge in [0.15, 0.2) is 6.10 Å². The van der Waals surface area contributed by atoms with Gasteiger partial charge < -0.3 is 15.0 Å². The summed E-state index contributed by atoms with van der Waals surface area (Å²) < 4.78 is 34.3. The molecule has 34 heavy (non-hydrogen) atoms. The highest BCUT2D eigenvalue weighted by atomic mass is 32.2. The van der Waals surface area contributed by atoms with Gasteiger partial charge in [-0.1, -0.05) is 18.2 Å². The van der Waals surface area contributed by atoms with Crippen LogP contribution in [0.1, 0.15) is 37.3 Å². The van der Waals surface area contributed by atoms with Crippen LogP contribution in [0, 0.1) is 12.8 Å². The van der Waals surface area contributed by atoms with E-state index in [0.717, 1.165) is 24.1 Å². The summed E-state index contributed by atoms with van der Waals surface area (Å²) in [6.07, 6.45) is 2.44. The zero-order valence-corrected chi connectivity index (χ0v) is 20.2. The van der Waals surface area contributed by atoms with Crippen molar-refractivity contribution in [1.82, 2.24) is 4.31 Å². The lowest BCUT2D eigenvalue weighted by Gasteiger charge is -2.36. The molecule has 1 N–H and O–H groups in total. The summed E-state index contributed by atoms with van der Waals surface area (Å²) in [5, 5.41) is 2.75. The highest BCUT2D eigenvalue weighted by molar-refractivity contribution is 7.89. The van der Waals surface area contributed by atoms with Crippen LogP contribution in [0.15, 0.2) is 41.3 Å². The van der Waals surface area contributed by atoms with Crippen LogP contribution in [-0.2, 0) is 26.0 Å². The largest absolute Gasteiger partial charge is 0.479 e. The zero-order chi connectivity index (χ0) is 24.0. The summed E-state index contributed by atoms with van der Waals surface area (Å²) in [5.41, 5.74) is 3.09. The molecule has 9 heteroatoms. The highest BCUT2D eigenvalue weighted by Gasteiger charge is 2.37. The van der Waals surface area contributed by atoms with Crippen molar-refractivity contribution < 1.29 is 22.7 Å². The van der Waals surface area contributed by atoms with Gasteiger partial charge in [-0.3, -0.25) is 9.59 Å². The molecular weight excluding hydrogens is 454 g/mol. The van der Waals surface area contributed by atoms with E-state index in [1.807, 2.05) is 23.1 Å². The minimum absolute atomic E-state index is 0.00548. The number of carbonyl (C=O) groups excluding carboxylic acids is 2. The van der Waals surface area contributed by atoms with E-state index in [2.05, 4.69) is 11.4 Å². The second-order valence-corrected chi connectivity index (χ2v) is 11.2. The third-order valence-electron chi connectivity index (χ3n) is 6.94. The topological polar surface area (TPSA) is 96.0 Å². The number of amides is 2. The standard InChI is InChI=1S/C25H29N3O5S/c1-16-13-20-22(33-17(2)24(29)26-20)14-23(16)34(31,32)27-11-5-9-19(15-27)25(30)28-12-6-8-18-7-3-4-10-21(18)28/h3-4,7,10,13-14,17,19H,5-6,8-9,11-12,15H2,1-2H3,(H,26,29)/t17-,19+/m1/s1. The van der Waals surface area contributed by atoms with Crippen LogP contribution in [0.5, 0.6) is 5.75 Å². The smallest absolute Gasteiger partial charge is 0.265 e. The Kier molecular flexibility index (Phi) is 5.85. The summed E-state index contributed by atoms with van der Waals surface area (Å²) in [6, 6.07) is 11.1. The molecule has 0 saturated carbocycles. The molecule has 3 aliphatic heterocycles. The Morgan fingerprint density at radius 1 is 1.15 bits per heavy atom. The number of ether oxygens (including phenoxy) is 1. The Bertz CT molecular complexity index is 1260. The fourth-order valence-electron chi connectivity index (χ4n) is 5.11. The maximum atomic E-state index is 13.6. The van der Waals surface area contributed by atoms with E-state index >= 15 is 0 Å². The zero-order valence-electron chi connectivity index (χ0n) is 19.4. The number of sulfonamides is 1. The molecule has 8 nitrogen and oxygen atoms in total. The summed E-state index contributed by atoms with van der Waals surface area (Å²) in [4.78, 5) is 27.4. The summed E-state index contributed by atoms with van der Waals surface area (Å²) >= 11 is 0. The van der Waals surface area contributed by atoms with Gasteiger partial charge in [-0.05, 0) is 62.8 Å². The van der Waals surface area contributed by atoms with Gasteiger partial charge in [0, 0.05) is 31.4 Å². The first kappa shape index (κ1) is 22.9. The molecule has 0 unspecified atom stereocenters. The van der Waals surface area contributed by atoms with Crippen LogP contribution in [0.25, 0.3) is 0 Å². The molecule has 2 amide bonds. The van der Waals surface area contributed by atoms with E-state index in [4.69, 9.17) is 4.74 Å². The monoisotopic (exact) mass is 483 g/mol. The molecular formula is C25H29N3O5S. The normalized spacial score (nSPS) is 22.9. The fraction of sp³-hybridized carbons (Fsp3) is 0.440. The first-order chi connectivity index (χ1) is 16.3.